The van der Waals surface area contributed by atoms with Gasteiger partial charge in [0.05, 0.1) is 18.8 Å². The molecule has 0 radical (unpaired) electrons. The quantitative estimate of drug-likeness (QED) is 0.671. The number of aliphatic hydroxyl groups excluding tert-OH is 1. The number of carbonyl (C=O) groups is 1. The summed E-state index contributed by atoms with van der Waals surface area (Å²) in [6, 6.07) is 0. The molecule has 98 valence electrons. The lowest BCUT2D eigenvalue weighted by Crippen LogP contribution is -2.23. The van der Waals surface area contributed by atoms with E-state index in [1.54, 1.807) is 0 Å². The molecule has 0 bridgehead atoms. The molecule has 0 aromatic rings. The number of aliphatic hydroxyl groups is 1. The topological polar surface area (TPSA) is 66.8 Å². The standard InChI is InChI=1S/C13H22O4/c1-10(13(15)16)7-8-11(14)9-17-12-5-3-2-4-6-12/h11-12,14H,1-9H2,(H,15,16). The van der Waals surface area contributed by atoms with Crippen LogP contribution in [0.4, 0.5) is 0 Å². The van der Waals surface area contributed by atoms with Gasteiger partial charge < -0.3 is 14.9 Å². The summed E-state index contributed by atoms with van der Waals surface area (Å²) in [5, 5.41) is 18.3. The number of hydrogen-bond donors (Lipinski definition) is 2. The number of rotatable bonds is 7. The van der Waals surface area contributed by atoms with E-state index >= 15 is 0 Å². The molecule has 0 spiro atoms. The molecule has 0 saturated heterocycles. The van der Waals surface area contributed by atoms with Gasteiger partial charge in [-0.2, -0.15) is 0 Å². The van der Waals surface area contributed by atoms with Crippen LogP contribution < -0.4 is 0 Å². The molecule has 1 saturated carbocycles. The largest absolute Gasteiger partial charge is 0.478 e. The maximum atomic E-state index is 10.5. The summed E-state index contributed by atoms with van der Waals surface area (Å²) in [5.41, 5.74) is 0.140. The predicted molar refractivity (Wildman–Crippen MR) is 64.8 cm³/mol. The number of carboxylic acids is 1. The first kappa shape index (κ1) is 14.2. The molecule has 1 aliphatic rings. The third-order valence-electron chi connectivity index (χ3n) is 3.16. The summed E-state index contributed by atoms with van der Waals surface area (Å²) < 4.78 is 5.61. The van der Waals surface area contributed by atoms with E-state index in [2.05, 4.69) is 6.58 Å². The molecule has 1 fully saturated rings. The highest BCUT2D eigenvalue weighted by atomic mass is 16.5. The Kier molecular flexibility index (Phi) is 6.22. The fourth-order valence-electron chi connectivity index (χ4n) is 2.01. The van der Waals surface area contributed by atoms with Crippen molar-refractivity contribution in [2.45, 2.75) is 57.2 Å². The normalized spacial score (nSPS) is 18.9. The Balaban J connectivity index is 2.09. The Morgan fingerprint density at radius 1 is 1.35 bits per heavy atom. The van der Waals surface area contributed by atoms with Crippen LogP contribution in [0.1, 0.15) is 44.9 Å². The first-order chi connectivity index (χ1) is 8.09. The molecule has 0 aromatic heterocycles. The Morgan fingerprint density at radius 2 is 2.00 bits per heavy atom. The minimum Gasteiger partial charge on any atom is -0.478 e. The Hall–Kier alpha value is -0.870. The molecule has 1 aliphatic carbocycles. The zero-order valence-corrected chi connectivity index (χ0v) is 10.2. The highest BCUT2D eigenvalue weighted by Gasteiger charge is 2.16. The van der Waals surface area contributed by atoms with E-state index in [1.165, 1.54) is 19.3 Å². The van der Waals surface area contributed by atoms with Gasteiger partial charge in [-0.05, 0) is 25.7 Å². The van der Waals surface area contributed by atoms with Crippen molar-refractivity contribution in [2.24, 2.45) is 0 Å². The molecule has 4 nitrogen and oxygen atoms in total. The van der Waals surface area contributed by atoms with Gasteiger partial charge in [-0.25, -0.2) is 4.79 Å². The summed E-state index contributed by atoms with van der Waals surface area (Å²) in [5.74, 6) is -0.995. The molecule has 17 heavy (non-hydrogen) atoms. The van der Waals surface area contributed by atoms with E-state index < -0.39 is 12.1 Å². The van der Waals surface area contributed by atoms with Crippen LogP contribution in [-0.2, 0) is 9.53 Å². The molecular weight excluding hydrogens is 220 g/mol. The van der Waals surface area contributed by atoms with Crippen molar-refractivity contribution in [1.29, 1.82) is 0 Å². The third kappa shape index (κ3) is 5.84. The molecule has 1 atom stereocenters. The lowest BCUT2D eigenvalue weighted by atomic mass is 9.98. The van der Waals surface area contributed by atoms with Crippen molar-refractivity contribution in [1.82, 2.24) is 0 Å². The summed E-state index contributed by atoms with van der Waals surface area (Å²) in [7, 11) is 0. The van der Waals surface area contributed by atoms with Crippen molar-refractivity contribution in [3.05, 3.63) is 12.2 Å². The van der Waals surface area contributed by atoms with Crippen LogP contribution in [0.2, 0.25) is 0 Å². The summed E-state index contributed by atoms with van der Waals surface area (Å²) in [6.07, 6.45) is 6.24. The molecular formula is C13H22O4. The fraction of sp³-hybridized carbons (Fsp3) is 0.769. The lowest BCUT2D eigenvalue weighted by Gasteiger charge is -2.23. The number of aliphatic carboxylic acids is 1. The van der Waals surface area contributed by atoms with E-state index in [9.17, 15) is 9.90 Å². The first-order valence-electron chi connectivity index (χ1n) is 6.30. The first-order valence-corrected chi connectivity index (χ1v) is 6.30. The zero-order valence-electron chi connectivity index (χ0n) is 10.2. The van der Waals surface area contributed by atoms with Crippen LogP contribution in [-0.4, -0.2) is 35.0 Å². The summed E-state index contributed by atoms with van der Waals surface area (Å²) in [4.78, 5) is 10.5. The Labute approximate surface area is 102 Å². The van der Waals surface area contributed by atoms with Gasteiger partial charge in [0.1, 0.15) is 0 Å². The maximum Gasteiger partial charge on any atom is 0.330 e. The van der Waals surface area contributed by atoms with E-state index in [0.29, 0.717) is 19.4 Å². The molecule has 0 heterocycles. The second kappa shape index (κ2) is 7.45. The third-order valence-corrected chi connectivity index (χ3v) is 3.16. The summed E-state index contributed by atoms with van der Waals surface area (Å²) in [6.45, 7) is 3.73. The SMILES string of the molecule is C=C(CCC(O)COC1CCCCC1)C(=O)O. The number of hydrogen-bond acceptors (Lipinski definition) is 3. The smallest absolute Gasteiger partial charge is 0.330 e. The van der Waals surface area contributed by atoms with Gasteiger partial charge >= 0.3 is 5.97 Å². The maximum absolute atomic E-state index is 10.5. The highest BCUT2D eigenvalue weighted by Crippen LogP contribution is 2.20. The molecule has 1 unspecified atom stereocenters. The number of ether oxygens (including phenoxy) is 1. The monoisotopic (exact) mass is 242 g/mol. The van der Waals surface area contributed by atoms with E-state index in [-0.39, 0.29) is 11.7 Å². The van der Waals surface area contributed by atoms with Crippen molar-refractivity contribution in [3.63, 3.8) is 0 Å². The van der Waals surface area contributed by atoms with Gasteiger partial charge in [0.25, 0.3) is 0 Å². The lowest BCUT2D eigenvalue weighted by molar-refractivity contribution is -0.132. The molecule has 0 aliphatic heterocycles. The van der Waals surface area contributed by atoms with Crippen molar-refractivity contribution in [3.8, 4) is 0 Å². The van der Waals surface area contributed by atoms with Crippen molar-refractivity contribution >= 4 is 5.97 Å². The van der Waals surface area contributed by atoms with Gasteiger partial charge in [-0.3, -0.25) is 0 Å². The summed E-state index contributed by atoms with van der Waals surface area (Å²) >= 11 is 0. The minimum atomic E-state index is -0.995. The van der Waals surface area contributed by atoms with Crippen LogP contribution in [0.25, 0.3) is 0 Å². The second-order valence-corrected chi connectivity index (χ2v) is 4.69. The molecule has 2 N–H and O–H groups in total. The van der Waals surface area contributed by atoms with Crippen molar-refractivity contribution < 1.29 is 19.7 Å². The van der Waals surface area contributed by atoms with Crippen LogP contribution in [0.15, 0.2) is 12.2 Å². The molecule has 0 aromatic carbocycles. The molecule has 0 amide bonds. The van der Waals surface area contributed by atoms with Crippen LogP contribution in [0.3, 0.4) is 0 Å². The van der Waals surface area contributed by atoms with Crippen LogP contribution in [0.5, 0.6) is 0 Å². The number of carboxylic acid groups (broad SMARTS) is 1. The average Bonchev–Trinajstić information content (AvgIpc) is 2.34. The molecule has 1 rings (SSSR count). The second-order valence-electron chi connectivity index (χ2n) is 4.69. The Morgan fingerprint density at radius 3 is 2.59 bits per heavy atom. The highest BCUT2D eigenvalue weighted by molar-refractivity contribution is 5.85. The van der Waals surface area contributed by atoms with Gasteiger partial charge in [-0.15, -0.1) is 0 Å². The van der Waals surface area contributed by atoms with Gasteiger partial charge in [-0.1, -0.05) is 25.8 Å². The van der Waals surface area contributed by atoms with Crippen LogP contribution in [0, 0.1) is 0 Å². The fourth-order valence-corrected chi connectivity index (χ4v) is 2.01. The van der Waals surface area contributed by atoms with Crippen molar-refractivity contribution in [2.75, 3.05) is 6.61 Å². The zero-order chi connectivity index (χ0) is 12.7. The van der Waals surface area contributed by atoms with Crippen LogP contribution >= 0.6 is 0 Å². The minimum absolute atomic E-state index is 0.140. The average molecular weight is 242 g/mol. The Bertz CT molecular complexity index is 256. The van der Waals surface area contributed by atoms with Gasteiger partial charge in [0.15, 0.2) is 0 Å². The van der Waals surface area contributed by atoms with E-state index in [4.69, 9.17) is 9.84 Å². The molecule has 4 heteroatoms. The van der Waals surface area contributed by atoms with E-state index in [0.717, 1.165) is 12.8 Å². The van der Waals surface area contributed by atoms with E-state index in [1.807, 2.05) is 0 Å². The van der Waals surface area contributed by atoms with Gasteiger partial charge in [0, 0.05) is 5.57 Å². The van der Waals surface area contributed by atoms with Gasteiger partial charge in [0.2, 0.25) is 0 Å². The predicted octanol–water partition coefficient (Wildman–Crippen LogP) is 2.12.